The van der Waals surface area contributed by atoms with Gasteiger partial charge in [-0.25, -0.2) is 4.98 Å². The average molecular weight is 822 g/mol. The van der Waals surface area contributed by atoms with E-state index in [1.54, 1.807) is 11.3 Å². The van der Waals surface area contributed by atoms with Crippen molar-refractivity contribution in [1.82, 2.24) is 24.1 Å². The third kappa shape index (κ3) is 5.73. The minimum atomic E-state index is 0.568. The Hall–Kier alpha value is -8.19. The molecule has 6 heteroatoms. The van der Waals surface area contributed by atoms with Gasteiger partial charge in [0.2, 0.25) is 5.95 Å². The molecule has 0 N–H and O–H groups in total. The van der Waals surface area contributed by atoms with Crippen LogP contribution in [0.15, 0.2) is 212 Å². The van der Waals surface area contributed by atoms with Crippen molar-refractivity contribution in [3.8, 4) is 56.7 Å². The second kappa shape index (κ2) is 14.2. The number of thiophene rings is 1. The molecule has 9 aromatic carbocycles. The molecule has 0 radical (unpaired) electrons. The summed E-state index contributed by atoms with van der Waals surface area (Å²) in [5, 5.41) is 7.08. The lowest BCUT2D eigenvalue weighted by Crippen LogP contribution is -2.07. The molecule has 4 heterocycles. The maximum Gasteiger partial charge on any atom is 0.238 e. The standard InChI is InChI=1S/C57H35N5S/c1-4-16-36(17-5-1)39-28-30-45-44-24-12-15-27-51(44)62(52(45)32-39)57-59-55(38-20-8-3-9-21-38)58-56(60-57)48-35-41(61-49-25-13-10-22-42(49)43-23-11-14-26-50(43)61)34-47-46-31-29-40(33-53(46)63-54(47)48)37-18-6-2-7-19-37/h1-35H. The third-order valence-electron chi connectivity index (χ3n) is 12.4. The van der Waals surface area contributed by atoms with Gasteiger partial charge in [0.15, 0.2) is 11.6 Å². The summed E-state index contributed by atoms with van der Waals surface area (Å²) in [7, 11) is 0. The van der Waals surface area contributed by atoms with E-state index in [1.807, 2.05) is 18.2 Å². The molecule has 0 aliphatic rings. The van der Waals surface area contributed by atoms with E-state index in [0.29, 0.717) is 17.6 Å². The van der Waals surface area contributed by atoms with Gasteiger partial charge >= 0.3 is 0 Å². The van der Waals surface area contributed by atoms with E-state index in [1.165, 1.54) is 32.0 Å². The Morgan fingerprint density at radius 3 is 1.43 bits per heavy atom. The van der Waals surface area contributed by atoms with Crippen LogP contribution < -0.4 is 0 Å². The molecule has 0 aliphatic heterocycles. The van der Waals surface area contributed by atoms with Crippen molar-refractivity contribution in [2.24, 2.45) is 0 Å². The van der Waals surface area contributed by atoms with E-state index < -0.39 is 0 Å². The first-order valence-electron chi connectivity index (χ1n) is 21.2. The number of fused-ring (bicyclic) bond motifs is 9. The summed E-state index contributed by atoms with van der Waals surface area (Å²) in [6.07, 6.45) is 0. The third-order valence-corrected chi connectivity index (χ3v) is 13.6. The van der Waals surface area contributed by atoms with Gasteiger partial charge in [-0.05, 0) is 64.7 Å². The number of hydrogen-bond donors (Lipinski definition) is 0. The van der Waals surface area contributed by atoms with Crippen LogP contribution in [-0.4, -0.2) is 24.1 Å². The molecule has 0 spiro atoms. The van der Waals surface area contributed by atoms with Crippen molar-refractivity contribution in [3.05, 3.63) is 212 Å². The molecule has 0 unspecified atom stereocenters. The summed E-state index contributed by atoms with van der Waals surface area (Å²) >= 11 is 1.80. The van der Waals surface area contributed by atoms with Gasteiger partial charge in [-0.1, -0.05) is 170 Å². The maximum atomic E-state index is 5.54. The largest absolute Gasteiger partial charge is 0.309 e. The summed E-state index contributed by atoms with van der Waals surface area (Å²) in [4.78, 5) is 16.3. The molecule has 294 valence electrons. The SMILES string of the molecule is c1ccc(-c2ccc3c(c2)sc2c(-c4nc(-c5ccccc5)nc(-n5c6ccccc6c6ccc(-c7ccccc7)cc65)n4)cc(-n4c5ccccc5c5ccccc54)cc23)cc1. The lowest BCUT2D eigenvalue weighted by molar-refractivity contribution is 0.954. The molecule has 63 heavy (non-hydrogen) atoms. The zero-order valence-corrected chi connectivity index (χ0v) is 34.7. The van der Waals surface area contributed by atoms with E-state index in [0.717, 1.165) is 70.9 Å². The average Bonchev–Trinajstić information content (AvgIpc) is 4.01. The van der Waals surface area contributed by atoms with Crippen molar-refractivity contribution < 1.29 is 0 Å². The van der Waals surface area contributed by atoms with E-state index in [-0.39, 0.29) is 0 Å². The Morgan fingerprint density at radius 2 is 0.810 bits per heavy atom. The number of hydrogen-bond acceptors (Lipinski definition) is 4. The van der Waals surface area contributed by atoms with Crippen LogP contribution in [0, 0.1) is 0 Å². The predicted octanol–water partition coefficient (Wildman–Crippen LogP) is 15.1. The van der Waals surface area contributed by atoms with Crippen molar-refractivity contribution in [1.29, 1.82) is 0 Å². The number of rotatable bonds is 6. The summed E-state index contributed by atoms with van der Waals surface area (Å²) in [5.74, 6) is 1.80. The van der Waals surface area contributed by atoms with Crippen molar-refractivity contribution in [3.63, 3.8) is 0 Å². The van der Waals surface area contributed by atoms with Crippen molar-refractivity contribution in [2.45, 2.75) is 0 Å². The van der Waals surface area contributed by atoms with E-state index >= 15 is 0 Å². The fraction of sp³-hybridized carbons (Fsp3) is 0. The molecule has 0 atom stereocenters. The van der Waals surface area contributed by atoms with Gasteiger partial charge < -0.3 is 4.57 Å². The number of benzene rings is 9. The van der Waals surface area contributed by atoms with Crippen LogP contribution in [0.3, 0.4) is 0 Å². The highest BCUT2D eigenvalue weighted by Gasteiger charge is 2.23. The van der Waals surface area contributed by atoms with Crippen LogP contribution in [0.4, 0.5) is 0 Å². The van der Waals surface area contributed by atoms with Gasteiger partial charge in [-0.15, -0.1) is 11.3 Å². The zero-order valence-electron chi connectivity index (χ0n) is 33.9. The highest BCUT2D eigenvalue weighted by Crippen LogP contribution is 2.44. The highest BCUT2D eigenvalue weighted by molar-refractivity contribution is 7.26. The Balaban J connectivity index is 1.13. The fourth-order valence-electron chi connectivity index (χ4n) is 9.47. The summed E-state index contributed by atoms with van der Waals surface area (Å²) in [6.45, 7) is 0. The van der Waals surface area contributed by atoms with Gasteiger partial charge in [0, 0.05) is 58.5 Å². The molecule has 0 saturated heterocycles. The summed E-state index contributed by atoms with van der Waals surface area (Å²) < 4.78 is 6.96. The van der Waals surface area contributed by atoms with E-state index in [4.69, 9.17) is 15.0 Å². The fourth-order valence-corrected chi connectivity index (χ4v) is 10.7. The molecule has 0 bridgehead atoms. The van der Waals surface area contributed by atoms with Crippen LogP contribution in [0.2, 0.25) is 0 Å². The van der Waals surface area contributed by atoms with Gasteiger partial charge in [0.1, 0.15) is 0 Å². The molecule has 4 aromatic heterocycles. The van der Waals surface area contributed by atoms with E-state index in [2.05, 4.69) is 203 Å². The first kappa shape index (κ1) is 35.6. The quantitative estimate of drug-likeness (QED) is 0.168. The number of nitrogens with zero attached hydrogens (tertiary/aromatic N) is 5. The molecule has 5 nitrogen and oxygen atoms in total. The molecule has 13 rings (SSSR count). The normalized spacial score (nSPS) is 11.8. The van der Waals surface area contributed by atoms with Crippen LogP contribution in [0.25, 0.3) is 120 Å². The number of aromatic nitrogens is 5. The van der Waals surface area contributed by atoms with Gasteiger partial charge in [-0.2, -0.15) is 9.97 Å². The first-order valence-corrected chi connectivity index (χ1v) is 22.0. The van der Waals surface area contributed by atoms with Gasteiger partial charge in [-0.3, -0.25) is 4.57 Å². The second-order valence-electron chi connectivity index (χ2n) is 16.0. The first-order chi connectivity index (χ1) is 31.2. The van der Waals surface area contributed by atoms with Crippen LogP contribution in [-0.2, 0) is 0 Å². The Kier molecular flexibility index (Phi) is 8.01. The van der Waals surface area contributed by atoms with Gasteiger partial charge in [0.05, 0.1) is 22.1 Å². The van der Waals surface area contributed by atoms with Crippen LogP contribution in [0.5, 0.6) is 0 Å². The topological polar surface area (TPSA) is 48.5 Å². The molecule has 0 aliphatic carbocycles. The van der Waals surface area contributed by atoms with Crippen molar-refractivity contribution >= 4 is 75.1 Å². The van der Waals surface area contributed by atoms with Gasteiger partial charge in [0.25, 0.3) is 0 Å². The second-order valence-corrected chi connectivity index (χ2v) is 17.1. The maximum absolute atomic E-state index is 5.54. The lowest BCUT2D eigenvalue weighted by Gasteiger charge is -2.14. The molecule has 13 aromatic rings. The van der Waals surface area contributed by atoms with Crippen molar-refractivity contribution in [2.75, 3.05) is 0 Å². The molecule has 0 amide bonds. The minimum absolute atomic E-state index is 0.568. The minimum Gasteiger partial charge on any atom is -0.309 e. The van der Waals surface area contributed by atoms with E-state index in [9.17, 15) is 0 Å². The smallest absolute Gasteiger partial charge is 0.238 e. The highest BCUT2D eigenvalue weighted by atomic mass is 32.1. The van der Waals surface area contributed by atoms with Crippen LogP contribution >= 0.6 is 11.3 Å². The molecular formula is C57H35N5S. The lowest BCUT2D eigenvalue weighted by atomic mass is 10.0. The Bertz CT molecular complexity index is 3850. The van der Waals surface area contributed by atoms with Crippen LogP contribution in [0.1, 0.15) is 0 Å². The number of para-hydroxylation sites is 3. The zero-order chi connectivity index (χ0) is 41.4. The summed E-state index contributed by atoms with van der Waals surface area (Å²) in [6, 6.07) is 75.6. The molecular weight excluding hydrogens is 787 g/mol. The summed E-state index contributed by atoms with van der Waals surface area (Å²) in [5.41, 5.74) is 12.0. The molecule has 0 saturated carbocycles. The monoisotopic (exact) mass is 821 g/mol. The molecule has 0 fully saturated rings. The Morgan fingerprint density at radius 1 is 0.317 bits per heavy atom. The predicted molar refractivity (Wildman–Crippen MR) is 263 cm³/mol. The Labute approximate surface area is 366 Å².